The second-order valence-corrected chi connectivity index (χ2v) is 4.77. The van der Waals surface area contributed by atoms with E-state index in [1.165, 1.54) is 5.01 Å². The van der Waals surface area contributed by atoms with Crippen molar-refractivity contribution in [2.75, 3.05) is 21.9 Å². The second-order valence-electron chi connectivity index (χ2n) is 4.77. The molecule has 7 nitrogen and oxygen atoms in total. The number of nitrogens with two attached hydrogens (primary N) is 2. The Labute approximate surface area is 139 Å². The summed E-state index contributed by atoms with van der Waals surface area (Å²) < 4.78 is 0. The first-order valence-corrected chi connectivity index (χ1v) is 7.16. The Morgan fingerprint density at radius 1 is 0.792 bits per heavy atom. The molecule has 3 rings (SSSR count). The lowest BCUT2D eigenvalue weighted by Crippen LogP contribution is -2.27. The van der Waals surface area contributed by atoms with Gasteiger partial charge in [-0.05, 0) is 30.2 Å². The molecular weight excluding hydrogens is 302 g/mol. The highest BCUT2D eigenvalue weighted by molar-refractivity contribution is 5.56. The van der Waals surface area contributed by atoms with E-state index >= 15 is 0 Å². The number of para-hydroxylation sites is 1. The number of hydrogen-bond acceptors (Lipinski definition) is 7. The summed E-state index contributed by atoms with van der Waals surface area (Å²) in [6, 6.07) is 22.1. The number of aromatic nitrogens is 3. The van der Waals surface area contributed by atoms with Gasteiger partial charge in [0.25, 0.3) is 5.95 Å². The van der Waals surface area contributed by atoms with Crippen molar-refractivity contribution in [1.82, 2.24) is 15.0 Å². The van der Waals surface area contributed by atoms with Gasteiger partial charge in [0.05, 0.1) is 5.69 Å². The van der Waals surface area contributed by atoms with E-state index in [-0.39, 0.29) is 17.8 Å². The maximum atomic E-state index is 5.65. The fraction of sp³-hybridized carbons (Fsp3) is 0. The summed E-state index contributed by atoms with van der Waals surface area (Å²) in [4.78, 5) is 11.9. The van der Waals surface area contributed by atoms with Gasteiger partial charge in [-0.3, -0.25) is 5.43 Å². The number of nitrogens with one attached hydrogen (secondary N) is 1. The molecule has 5 N–H and O–H groups in total. The molecule has 1 heterocycles. The van der Waals surface area contributed by atoms with Gasteiger partial charge in [-0.15, -0.1) is 0 Å². The lowest BCUT2D eigenvalue weighted by Gasteiger charge is -2.17. The van der Waals surface area contributed by atoms with Gasteiger partial charge in [-0.1, -0.05) is 36.4 Å². The Balaban J connectivity index is 1.96. The summed E-state index contributed by atoms with van der Waals surface area (Å²) in [5.74, 6) is 3.30. The monoisotopic (exact) mass is 317 g/mol. The minimum Gasteiger partial charge on any atom is -0.368 e. The van der Waals surface area contributed by atoms with Crippen molar-refractivity contribution in [1.29, 1.82) is 0 Å². The lowest BCUT2D eigenvalue weighted by molar-refractivity contribution is 1.00. The lowest BCUT2D eigenvalue weighted by atomic mass is 10.2. The van der Waals surface area contributed by atoms with Gasteiger partial charge in [0.15, 0.2) is 0 Å². The smallest absolute Gasteiger partial charge is 0.263 e. The van der Waals surface area contributed by atoms with Gasteiger partial charge in [0.1, 0.15) is 0 Å². The molecule has 0 aliphatic rings. The number of hydrazine groups is 1. The van der Waals surface area contributed by atoms with Crippen LogP contribution in [0.15, 0.2) is 60.7 Å². The highest BCUT2D eigenvalue weighted by atomic mass is 15.5. The van der Waals surface area contributed by atoms with E-state index < -0.39 is 0 Å². The van der Waals surface area contributed by atoms with Crippen molar-refractivity contribution in [2.45, 2.75) is 0 Å². The molecule has 1 aromatic heterocycles. The van der Waals surface area contributed by atoms with Crippen molar-refractivity contribution < 1.29 is 0 Å². The highest BCUT2D eigenvalue weighted by Crippen LogP contribution is 2.13. The van der Waals surface area contributed by atoms with Gasteiger partial charge in [-0.25, -0.2) is 0 Å². The number of hydrogen-bond donors (Lipinski definition) is 3. The first kappa shape index (κ1) is 15.1. The average Bonchev–Trinajstić information content (AvgIpc) is 2.59. The Hall–Kier alpha value is -3.79. The SMILES string of the molecule is Nc1nc(N)nc(N(C#Cc2ccccc2)Nc2ccccc2)n1. The van der Waals surface area contributed by atoms with Crippen LogP contribution >= 0.6 is 0 Å². The zero-order valence-corrected chi connectivity index (χ0v) is 12.7. The van der Waals surface area contributed by atoms with Crippen LogP contribution in [0.5, 0.6) is 0 Å². The largest absolute Gasteiger partial charge is 0.368 e. The molecule has 0 radical (unpaired) electrons. The van der Waals surface area contributed by atoms with Crippen LogP contribution in [0.25, 0.3) is 0 Å². The standard InChI is InChI=1S/C17H15N7/c18-15-20-16(19)22-17(21-15)24(23-14-9-5-2-6-10-14)12-11-13-7-3-1-4-8-13/h1-10,23H,(H4,18,19,20,21,22). The molecular formula is C17H15N7. The summed E-state index contributed by atoms with van der Waals surface area (Å²) >= 11 is 0. The fourth-order valence-corrected chi connectivity index (χ4v) is 1.91. The van der Waals surface area contributed by atoms with E-state index in [1.54, 1.807) is 0 Å². The van der Waals surface area contributed by atoms with Crippen LogP contribution in [0, 0.1) is 12.0 Å². The average molecular weight is 317 g/mol. The van der Waals surface area contributed by atoms with Crippen molar-refractivity contribution in [3.8, 4) is 12.0 Å². The zero-order valence-electron chi connectivity index (χ0n) is 12.7. The van der Waals surface area contributed by atoms with E-state index in [1.807, 2.05) is 60.7 Å². The van der Waals surface area contributed by atoms with E-state index in [0.717, 1.165) is 11.3 Å². The molecule has 7 heteroatoms. The third-order valence-electron chi connectivity index (χ3n) is 2.96. The Morgan fingerprint density at radius 3 is 2.00 bits per heavy atom. The van der Waals surface area contributed by atoms with Gasteiger partial charge >= 0.3 is 0 Å². The number of rotatable bonds is 3. The molecule has 24 heavy (non-hydrogen) atoms. The normalized spacial score (nSPS) is 9.67. The molecule has 0 aliphatic carbocycles. The maximum absolute atomic E-state index is 5.65. The molecule has 0 saturated carbocycles. The number of benzene rings is 2. The minimum absolute atomic E-state index is 0.0267. The predicted molar refractivity (Wildman–Crippen MR) is 94.5 cm³/mol. The molecule has 118 valence electrons. The van der Waals surface area contributed by atoms with Crippen molar-refractivity contribution in [2.24, 2.45) is 0 Å². The minimum atomic E-state index is 0.0267. The zero-order chi connectivity index (χ0) is 16.8. The van der Waals surface area contributed by atoms with E-state index in [2.05, 4.69) is 32.3 Å². The van der Waals surface area contributed by atoms with E-state index in [9.17, 15) is 0 Å². The molecule has 0 saturated heterocycles. The third kappa shape index (κ3) is 3.90. The van der Waals surface area contributed by atoms with Crippen LogP contribution in [-0.2, 0) is 0 Å². The van der Waals surface area contributed by atoms with Gasteiger partial charge in [0.2, 0.25) is 11.9 Å². The summed E-state index contributed by atoms with van der Waals surface area (Å²) in [6.07, 6.45) is 0. The molecule has 0 amide bonds. The Morgan fingerprint density at radius 2 is 1.38 bits per heavy atom. The second kappa shape index (κ2) is 6.98. The number of anilines is 4. The molecule has 3 aromatic rings. The van der Waals surface area contributed by atoms with Gasteiger partial charge in [-0.2, -0.15) is 20.0 Å². The number of nitrogens with zero attached hydrogens (tertiary/aromatic N) is 4. The van der Waals surface area contributed by atoms with Gasteiger partial charge in [0, 0.05) is 11.6 Å². The first-order chi connectivity index (χ1) is 11.7. The molecule has 0 spiro atoms. The quantitative estimate of drug-likeness (QED) is 0.385. The van der Waals surface area contributed by atoms with E-state index in [0.29, 0.717) is 0 Å². The molecule has 0 bridgehead atoms. The molecule has 0 aliphatic heterocycles. The van der Waals surface area contributed by atoms with Crippen LogP contribution in [0.4, 0.5) is 23.5 Å². The molecule has 0 atom stereocenters. The van der Waals surface area contributed by atoms with Crippen LogP contribution in [0.1, 0.15) is 5.56 Å². The van der Waals surface area contributed by atoms with Crippen LogP contribution in [-0.4, -0.2) is 15.0 Å². The molecule has 2 aromatic carbocycles. The third-order valence-corrected chi connectivity index (χ3v) is 2.96. The summed E-state index contributed by atoms with van der Waals surface area (Å²) in [5, 5.41) is 1.46. The van der Waals surface area contributed by atoms with Crippen LogP contribution in [0.2, 0.25) is 0 Å². The van der Waals surface area contributed by atoms with Crippen molar-refractivity contribution in [3.63, 3.8) is 0 Å². The Bertz CT molecular complexity index is 849. The van der Waals surface area contributed by atoms with Crippen molar-refractivity contribution >= 4 is 23.5 Å². The van der Waals surface area contributed by atoms with Crippen LogP contribution < -0.4 is 21.9 Å². The van der Waals surface area contributed by atoms with Crippen LogP contribution in [0.3, 0.4) is 0 Å². The van der Waals surface area contributed by atoms with Gasteiger partial charge < -0.3 is 11.5 Å². The molecule has 0 fully saturated rings. The summed E-state index contributed by atoms with van der Waals surface area (Å²) in [7, 11) is 0. The predicted octanol–water partition coefficient (Wildman–Crippen LogP) is 1.88. The summed E-state index contributed by atoms with van der Waals surface area (Å²) in [6.45, 7) is 0. The maximum Gasteiger partial charge on any atom is 0.263 e. The summed E-state index contributed by atoms with van der Waals surface area (Å²) in [5.41, 5.74) is 16.1. The fourth-order valence-electron chi connectivity index (χ4n) is 1.91. The van der Waals surface area contributed by atoms with Crippen molar-refractivity contribution in [3.05, 3.63) is 66.2 Å². The highest BCUT2D eigenvalue weighted by Gasteiger charge is 2.10. The van der Waals surface area contributed by atoms with E-state index in [4.69, 9.17) is 11.5 Å². The Kier molecular flexibility index (Phi) is 4.40. The first-order valence-electron chi connectivity index (χ1n) is 7.16. The molecule has 0 unspecified atom stereocenters. The number of nitrogen functional groups attached to an aromatic ring is 2. The topological polar surface area (TPSA) is 106 Å².